The van der Waals surface area contributed by atoms with E-state index >= 15 is 0 Å². The number of anilines is 1. The molecule has 0 saturated carbocycles. The zero-order valence-electron chi connectivity index (χ0n) is 11.9. The van der Waals surface area contributed by atoms with Crippen molar-refractivity contribution in [2.75, 3.05) is 12.8 Å². The molecule has 0 fully saturated rings. The summed E-state index contributed by atoms with van der Waals surface area (Å²) in [5.74, 6) is -0.657. The fraction of sp³-hybridized carbons (Fsp3) is 0.188. The molecule has 0 saturated heterocycles. The van der Waals surface area contributed by atoms with Gasteiger partial charge in [-0.3, -0.25) is 4.79 Å². The van der Waals surface area contributed by atoms with E-state index in [1.807, 2.05) is 6.92 Å². The van der Waals surface area contributed by atoms with E-state index in [4.69, 9.17) is 17.3 Å². The van der Waals surface area contributed by atoms with Crippen LogP contribution in [0.4, 0.5) is 10.1 Å². The van der Waals surface area contributed by atoms with E-state index in [2.05, 4.69) is 0 Å². The summed E-state index contributed by atoms with van der Waals surface area (Å²) in [6.07, 6.45) is 0. The zero-order chi connectivity index (χ0) is 15.6. The number of nitrogens with two attached hydrogens (primary N) is 1. The lowest BCUT2D eigenvalue weighted by molar-refractivity contribution is 0.0784. The maximum atomic E-state index is 13.8. The van der Waals surface area contributed by atoms with Gasteiger partial charge in [0.15, 0.2) is 0 Å². The van der Waals surface area contributed by atoms with Crippen LogP contribution in [0.25, 0.3) is 0 Å². The van der Waals surface area contributed by atoms with Gasteiger partial charge in [0.05, 0.1) is 0 Å². The van der Waals surface area contributed by atoms with Crippen LogP contribution in [0.2, 0.25) is 5.02 Å². The summed E-state index contributed by atoms with van der Waals surface area (Å²) in [6.45, 7) is 1.96. The van der Waals surface area contributed by atoms with Crippen molar-refractivity contribution in [2.24, 2.45) is 0 Å². The molecule has 0 atom stereocenters. The average Bonchev–Trinajstić information content (AvgIpc) is 2.41. The number of rotatable bonds is 3. The number of amides is 1. The first-order chi connectivity index (χ1) is 9.88. The van der Waals surface area contributed by atoms with Gasteiger partial charge < -0.3 is 10.6 Å². The van der Waals surface area contributed by atoms with Crippen LogP contribution in [0, 0.1) is 12.7 Å². The Balaban J connectivity index is 2.24. The van der Waals surface area contributed by atoms with Gasteiger partial charge in [0, 0.05) is 35.4 Å². The number of benzene rings is 2. The molecule has 0 aliphatic heterocycles. The summed E-state index contributed by atoms with van der Waals surface area (Å²) in [5, 5.41) is 0.304. The molecule has 2 aromatic carbocycles. The highest BCUT2D eigenvalue weighted by Crippen LogP contribution is 2.21. The molecule has 0 aromatic heterocycles. The van der Waals surface area contributed by atoms with Crippen LogP contribution in [0.5, 0.6) is 0 Å². The van der Waals surface area contributed by atoms with Crippen molar-refractivity contribution in [2.45, 2.75) is 13.5 Å². The molecule has 2 rings (SSSR count). The lowest BCUT2D eigenvalue weighted by atomic mass is 10.1. The fourth-order valence-electron chi connectivity index (χ4n) is 2.15. The lowest BCUT2D eigenvalue weighted by Crippen LogP contribution is -2.27. The number of hydrogen-bond acceptors (Lipinski definition) is 2. The molecular formula is C16H16ClFN2O. The molecule has 0 bridgehead atoms. The topological polar surface area (TPSA) is 46.3 Å². The van der Waals surface area contributed by atoms with Crippen LogP contribution < -0.4 is 5.73 Å². The van der Waals surface area contributed by atoms with Crippen molar-refractivity contribution in [1.82, 2.24) is 4.90 Å². The summed E-state index contributed by atoms with van der Waals surface area (Å²) in [4.78, 5) is 13.8. The van der Waals surface area contributed by atoms with Crippen molar-refractivity contribution < 1.29 is 9.18 Å². The fourth-order valence-corrected chi connectivity index (χ4v) is 2.37. The van der Waals surface area contributed by atoms with Crippen molar-refractivity contribution in [3.05, 3.63) is 63.9 Å². The zero-order valence-corrected chi connectivity index (χ0v) is 12.6. The van der Waals surface area contributed by atoms with Crippen LogP contribution in [-0.2, 0) is 6.54 Å². The Morgan fingerprint density at radius 1 is 1.33 bits per heavy atom. The van der Waals surface area contributed by atoms with Crippen LogP contribution in [-0.4, -0.2) is 17.9 Å². The monoisotopic (exact) mass is 306 g/mol. The first-order valence-corrected chi connectivity index (χ1v) is 6.82. The standard InChI is InChI=1S/C16H16ClFN2O/c1-10-6-11(8-12(19)7-10)16(21)20(2)9-13-14(17)4-3-5-15(13)18/h3-8H,9,19H2,1-2H3. The Kier molecular flexibility index (Phi) is 4.48. The number of nitrogen functional groups attached to an aromatic ring is 1. The van der Waals surface area contributed by atoms with Gasteiger partial charge in [0.2, 0.25) is 0 Å². The first kappa shape index (κ1) is 15.3. The molecular weight excluding hydrogens is 291 g/mol. The minimum atomic E-state index is -0.425. The van der Waals surface area contributed by atoms with E-state index in [-0.39, 0.29) is 12.5 Å². The van der Waals surface area contributed by atoms with Crippen molar-refractivity contribution >= 4 is 23.2 Å². The first-order valence-electron chi connectivity index (χ1n) is 6.44. The molecule has 21 heavy (non-hydrogen) atoms. The third-order valence-electron chi connectivity index (χ3n) is 3.15. The maximum absolute atomic E-state index is 13.8. The van der Waals surface area contributed by atoms with Crippen molar-refractivity contribution in [1.29, 1.82) is 0 Å². The van der Waals surface area contributed by atoms with E-state index in [0.717, 1.165) is 5.56 Å². The number of carbonyl (C=O) groups excluding carboxylic acids is 1. The molecule has 0 unspecified atom stereocenters. The van der Waals surface area contributed by atoms with Crippen molar-refractivity contribution in [3.8, 4) is 0 Å². The smallest absolute Gasteiger partial charge is 0.253 e. The van der Waals surface area contributed by atoms with E-state index in [1.165, 1.54) is 17.0 Å². The number of carbonyl (C=O) groups is 1. The van der Waals surface area contributed by atoms with E-state index in [0.29, 0.717) is 21.8 Å². The molecule has 0 aliphatic rings. The largest absolute Gasteiger partial charge is 0.399 e. The van der Waals surface area contributed by atoms with Crippen molar-refractivity contribution in [3.63, 3.8) is 0 Å². The van der Waals surface area contributed by atoms with E-state index in [9.17, 15) is 9.18 Å². The number of aryl methyl sites for hydroxylation is 1. The quantitative estimate of drug-likeness (QED) is 0.880. The normalized spacial score (nSPS) is 10.5. The highest BCUT2D eigenvalue weighted by Gasteiger charge is 2.16. The third-order valence-corrected chi connectivity index (χ3v) is 3.50. The SMILES string of the molecule is Cc1cc(N)cc(C(=O)N(C)Cc2c(F)cccc2Cl)c1. The summed E-state index contributed by atoms with van der Waals surface area (Å²) >= 11 is 5.98. The molecule has 2 N–H and O–H groups in total. The van der Waals surface area contributed by atoms with E-state index in [1.54, 1.807) is 31.3 Å². The predicted molar refractivity (Wildman–Crippen MR) is 82.8 cm³/mol. The molecule has 0 spiro atoms. The average molecular weight is 307 g/mol. The van der Waals surface area contributed by atoms with Gasteiger partial charge in [-0.05, 0) is 42.8 Å². The lowest BCUT2D eigenvalue weighted by Gasteiger charge is -2.19. The third kappa shape index (κ3) is 3.52. The summed E-state index contributed by atoms with van der Waals surface area (Å²) in [7, 11) is 1.60. The van der Waals surface area contributed by atoms with Crippen LogP contribution >= 0.6 is 11.6 Å². The Hall–Kier alpha value is -2.07. The molecule has 0 aliphatic carbocycles. The van der Waals surface area contributed by atoms with Gasteiger partial charge >= 0.3 is 0 Å². The van der Waals surface area contributed by atoms with Gasteiger partial charge in [-0.15, -0.1) is 0 Å². The second-order valence-corrected chi connectivity index (χ2v) is 5.40. The highest BCUT2D eigenvalue weighted by atomic mass is 35.5. The maximum Gasteiger partial charge on any atom is 0.253 e. The van der Waals surface area contributed by atoms with Gasteiger partial charge in [-0.2, -0.15) is 0 Å². The molecule has 2 aromatic rings. The van der Waals surface area contributed by atoms with Gasteiger partial charge in [0.1, 0.15) is 5.82 Å². The summed E-state index contributed by atoms with van der Waals surface area (Å²) < 4.78 is 13.8. The Labute approximate surface area is 128 Å². The highest BCUT2D eigenvalue weighted by molar-refractivity contribution is 6.31. The van der Waals surface area contributed by atoms with E-state index < -0.39 is 5.82 Å². The molecule has 3 nitrogen and oxygen atoms in total. The molecule has 0 radical (unpaired) electrons. The van der Waals surface area contributed by atoms with Gasteiger partial charge in [0.25, 0.3) is 5.91 Å². The minimum Gasteiger partial charge on any atom is -0.399 e. The number of halogens is 2. The number of nitrogens with zero attached hydrogens (tertiary/aromatic N) is 1. The second-order valence-electron chi connectivity index (χ2n) is 4.99. The van der Waals surface area contributed by atoms with Crippen LogP contribution in [0.3, 0.4) is 0 Å². The molecule has 0 heterocycles. The number of hydrogen-bond donors (Lipinski definition) is 1. The van der Waals surface area contributed by atoms with Crippen LogP contribution in [0.15, 0.2) is 36.4 Å². The molecule has 5 heteroatoms. The summed E-state index contributed by atoms with van der Waals surface area (Å²) in [6, 6.07) is 9.59. The Bertz CT molecular complexity index is 647. The minimum absolute atomic E-state index is 0.0954. The van der Waals surface area contributed by atoms with Gasteiger partial charge in [-0.25, -0.2) is 4.39 Å². The Morgan fingerprint density at radius 2 is 2.05 bits per heavy atom. The molecule has 110 valence electrons. The van der Waals surface area contributed by atoms with Crippen LogP contribution in [0.1, 0.15) is 21.5 Å². The summed E-state index contributed by atoms with van der Waals surface area (Å²) in [5.41, 5.74) is 7.94. The Morgan fingerprint density at radius 3 is 2.67 bits per heavy atom. The second kappa shape index (κ2) is 6.14. The predicted octanol–water partition coefficient (Wildman–Crippen LogP) is 3.64. The molecule has 1 amide bonds. The van der Waals surface area contributed by atoms with Gasteiger partial charge in [-0.1, -0.05) is 17.7 Å².